The van der Waals surface area contributed by atoms with Gasteiger partial charge in [0.2, 0.25) is 0 Å². The molecule has 0 aliphatic carbocycles. The molecule has 6 heteroatoms. The van der Waals surface area contributed by atoms with Crippen molar-refractivity contribution in [2.45, 2.75) is 32.2 Å². The van der Waals surface area contributed by atoms with Gasteiger partial charge < -0.3 is 18.8 Å². The summed E-state index contributed by atoms with van der Waals surface area (Å²) in [5, 5.41) is 0.509. The quantitative estimate of drug-likeness (QED) is 0.684. The van der Waals surface area contributed by atoms with Crippen molar-refractivity contribution in [2.24, 2.45) is 14.1 Å². The number of fused-ring (bicyclic) bond motifs is 1. The Balaban J connectivity index is 1.81. The van der Waals surface area contributed by atoms with Gasteiger partial charge in [-0.05, 0) is 49.4 Å². The third-order valence-electron chi connectivity index (χ3n) is 5.95. The number of rotatable bonds is 3. The molecule has 3 heterocycles. The number of aryl methyl sites for hydroxylation is 3. The lowest BCUT2D eigenvalue weighted by Crippen LogP contribution is -2.38. The van der Waals surface area contributed by atoms with Crippen LogP contribution in [0.25, 0.3) is 10.9 Å². The summed E-state index contributed by atoms with van der Waals surface area (Å²) in [6.07, 6.45) is 6.56. The number of piperidine rings is 1. The third-order valence-corrected chi connectivity index (χ3v) is 5.95. The predicted octanol–water partition coefficient (Wildman–Crippen LogP) is 3.56. The van der Waals surface area contributed by atoms with Crippen molar-refractivity contribution in [1.82, 2.24) is 14.0 Å². The second kappa shape index (κ2) is 7.43. The first-order valence-electron chi connectivity index (χ1n) is 10.0. The minimum absolute atomic E-state index is 0.0183. The normalized spacial score (nSPS) is 17.0. The standard InChI is InChI=1S/C23H27N3O3/c1-15-13-25(3)23(28)20-18(14-24(2)21(15)20)22(27)26-11-6-5-10-19(26)16-8-7-9-17(12-16)29-4/h7-9,12-14,19H,5-6,10-11H2,1-4H3. The van der Waals surface area contributed by atoms with Gasteiger partial charge in [0, 0.05) is 33.0 Å². The molecule has 1 atom stereocenters. The van der Waals surface area contributed by atoms with E-state index >= 15 is 0 Å². The van der Waals surface area contributed by atoms with E-state index in [-0.39, 0.29) is 17.5 Å². The molecule has 1 aliphatic heterocycles. The molecule has 29 heavy (non-hydrogen) atoms. The molecule has 0 radical (unpaired) electrons. The Morgan fingerprint density at radius 2 is 1.93 bits per heavy atom. The highest BCUT2D eigenvalue weighted by molar-refractivity contribution is 6.07. The summed E-state index contributed by atoms with van der Waals surface area (Å²) in [6.45, 7) is 2.65. The monoisotopic (exact) mass is 393 g/mol. The van der Waals surface area contributed by atoms with Gasteiger partial charge in [-0.2, -0.15) is 0 Å². The summed E-state index contributed by atoms with van der Waals surface area (Å²) in [7, 11) is 5.27. The van der Waals surface area contributed by atoms with Gasteiger partial charge in [0.05, 0.1) is 29.6 Å². The smallest absolute Gasteiger partial charge is 0.260 e. The van der Waals surface area contributed by atoms with Crippen molar-refractivity contribution in [2.75, 3.05) is 13.7 Å². The molecule has 1 aromatic carbocycles. The molecule has 2 aromatic heterocycles. The van der Waals surface area contributed by atoms with Crippen molar-refractivity contribution in [3.8, 4) is 5.75 Å². The van der Waals surface area contributed by atoms with Gasteiger partial charge in [0.1, 0.15) is 5.75 Å². The predicted molar refractivity (Wildman–Crippen MR) is 114 cm³/mol. The Morgan fingerprint density at radius 1 is 1.14 bits per heavy atom. The number of likely N-dealkylation sites (tertiary alicyclic amines) is 1. The number of benzene rings is 1. The van der Waals surface area contributed by atoms with Crippen LogP contribution in [0.15, 0.2) is 41.5 Å². The molecule has 152 valence electrons. The van der Waals surface area contributed by atoms with Crippen LogP contribution >= 0.6 is 0 Å². The SMILES string of the molecule is COc1cccc(C2CCCCN2C(=O)c2cn(C)c3c(C)cn(C)c(=O)c23)c1. The molecule has 3 aromatic rings. The van der Waals surface area contributed by atoms with Crippen LogP contribution in [0.2, 0.25) is 0 Å². The van der Waals surface area contributed by atoms with E-state index in [2.05, 4.69) is 0 Å². The van der Waals surface area contributed by atoms with Crippen LogP contribution in [0.5, 0.6) is 5.75 Å². The first kappa shape index (κ1) is 19.3. The van der Waals surface area contributed by atoms with Crippen LogP contribution in [-0.4, -0.2) is 33.6 Å². The zero-order valence-electron chi connectivity index (χ0n) is 17.4. The van der Waals surface area contributed by atoms with Crippen LogP contribution in [-0.2, 0) is 14.1 Å². The number of nitrogens with zero attached hydrogens (tertiary/aromatic N) is 3. The molecule has 1 amide bonds. The van der Waals surface area contributed by atoms with Crippen molar-refractivity contribution >= 4 is 16.8 Å². The molecule has 1 saturated heterocycles. The Morgan fingerprint density at radius 3 is 2.69 bits per heavy atom. The number of ether oxygens (including phenoxy) is 1. The number of pyridine rings is 1. The van der Waals surface area contributed by atoms with E-state index in [1.54, 1.807) is 24.9 Å². The molecule has 0 saturated carbocycles. The Hall–Kier alpha value is -3.02. The van der Waals surface area contributed by atoms with E-state index in [1.807, 2.05) is 53.9 Å². The highest BCUT2D eigenvalue weighted by Gasteiger charge is 2.31. The minimum atomic E-state index is -0.135. The number of aromatic nitrogens is 2. The van der Waals surface area contributed by atoms with Crippen LogP contribution in [0.3, 0.4) is 0 Å². The van der Waals surface area contributed by atoms with Crippen LogP contribution in [0.1, 0.15) is 46.8 Å². The zero-order valence-corrected chi connectivity index (χ0v) is 17.4. The van der Waals surface area contributed by atoms with E-state index in [9.17, 15) is 9.59 Å². The fourth-order valence-corrected chi connectivity index (χ4v) is 4.59. The van der Waals surface area contributed by atoms with Gasteiger partial charge in [-0.15, -0.1) is 0 Å². The Kier molecular flexibility index (Phi) is 4.94. The molecule has 1 unspecified atom stereocenters. The molecular weight excluding hydrogens is 366 g/mol. The lowest BCUT2D eigenvalue weighted by molar-refractivity contribution is 0.0613. The summed E-state index contributed by atoms with van der Waals surface area (Å²) >= 11 is 0. The molecule has 0 N–H and O–H groups in total. The zero-order chi connectivity index (χ0) is 20.7. The minimum Gasteiger partial charge on any atom is -0.497 e. The molecular formula is C23H27N3O3. The highest BCUT2D eigenvalue weighted by atomic mass is 16.5. The largest absolute Gasteiger partial charge is 0.497 e. The third kappa shape index (κ3) is 3.22. The number of methoxy groups -OCH3 is 1. The average molecular weight is 393 g/mol. The first-order valence-corrected chi connectivity index (χ1v) is 10.0. The maximum absolute atomic E-state index is 13.7. The molecule has 0 bridgehead atoms. The molecule has 6 nitrogen and oxygen atoms in total. The van der Waals surface area contributed by atoms with E-state index in [0.29, 0.717) is 17.5 Å². The van der Waals surface area contributed by atoms with Crippen molar-refractivity contribution in [3.63, 3.8) is 0 Å². The van der Waals surface area contributed by atoms with Gasteiger partial charge in [0.25, 0.3) is 11.5 Å². The van der Waals surface area contributed by atoms with Gasteiger partial charge in [-0.1, -0.05) is 12.1 Å². The van der Waals surface area contributed by atoms with Gasteiger partial charge >= 0.3 is 0 Å². The summed E-state index contributed by atoms with van der Waals surface area (Å²) in [5.74, 6) is 0.709. The molecule has 4 rings (SSSR count). The highest BCUT2D eigenvalue weighted by Crippen LogP contribution is 2.34. The summed E-state index contributed by atoms with van der Waals surface area (Å²) in [5.41, 5.74) is 3.23. The molecule has 1 fully saturated rings. The lowest BCUT2D eigenvalue weighted by atomic mass is 9.94. The topological polar surface area (TPSA) is 56.5 Å². The molecule has 1 aliphatic rings. The van der Waals surface area contributed by atoms with Crippen LogP contribution in [0, 0.1) is 6.92 Å². The fraction of sp³-hybridized carbons (Fsp3) is 0.391. The molecule has 0 spiro atoms. The maximum Gasteiger partial charge on any atom is 0.260 e. The Labute approximate surface area is 170 Å². The van der Waals surface area contributed by atoms with E-state index in [4.69, 9.17) is 4.74 Å². The number of amides is 1. The summed E-state index contributed by atoms with van der Waals surface area (Å²) in [6, 6.07) is 7.90. The Bertz CT molecular complexity index is 1140. The van der Waals surface area contributed by atoms with Crippen molar-refractivity contribution < 1.29 is 9.53 Å². The lowest BCUT2D eigenvalue weighted by Gasteiger charge is -2.36. The van der Waals surface area contributed by atoms with E-state index in [1.165, 1.54) is 0 Å². The van der Waals surface area contributed by atoms with E-state index in [0.717, 1.165) is 41.7 Å². The fourth-order valence-electron chi connectivity index (χ4n) is 4.59. The first-order chi connectivity index (χ1) is 13.9. The van der Waals surface area contributed by atoms with Crippen molar-refractivity contribution in [1.29, 1.82) is 0 Å². The van der Waals surface area contributed by atoms with Gasteiger partial charge in [0.15, 0.2) is 0 Å². The maximum atomic E-state index is 13.7. The van der Waals surface area contributed by atoms with Gasteiger partial charge in [-0.3, -0.25) is 9.59 Å². The number of carbonyl (C=O) groups is 1. The van der Waals surface area contributed by atoms with Crippen LogP contribution < -0.4 is 10.3 Å². The number of hydrogen-bond acceptors (Lipinski definition) is 3. The second-order valence-corrected chi connectivity index (χ2v) is 7.89. The second-order valence-electron chi connectivity index (χ2n) is 7.89. The number of carbonyl (C=O) groups excluding carboxylic acids is 1. The van der Waals surface area contributed by atoms with E-state index < -0.39 is 0 Å². The van der Waals surface area contributed by atoms with Gasteiger partial charge in [-0.25, -0.2) is 0 Å². The van der Waals surface area contributed by atoms with Crippen molar-refractivity contribution in [3.05, 3.63) is 63.7 Å². The average Bonchev–Trinajstić information content (AvgIpc) is 3.09. The number of hydrogen-bond donors (Lipinski definition) is 0. The summed E-state index contributed by atoms with van der Waals surface area (Å²) < 4.78 is 8.83. The summed E-state index contributed by atoms with van der Waals surface area (Å²) in [4.78, 5) is 28.5. The van der Waals surface area contributed by atoms with Crippen LogP contribution in [0.4, 0.5) is 0 Å².